The van der Waals surface area contributed by atoms with Gasteiger partial charge in [0.1, 0.15) is 11.5 Å². The normalized spacial score (nSPS) is 11.1. The summed E-state index contributed by atoms with van der Waals surface area (Å²) in [6.07, 6.45) is 2.80. The highest BCUT2D eigenvalue weighted by atomic mass is 79.9. The van der Waals surface area contributed by atoms with E-state index < -0.39 is 16.7 Å². The number of hydrogen-bond acceptors (Lipinski definition) is 6. The zero-order valence-electron chi connectivity index (χ0n) is 14.8. The van der Waals surface area contributed by atoms with Gasteiger partial charge in [-0.1, -0.05) is 12.1 Å². The van der Waals surface area contributed by atoms with E-state index in [0.717, 1.165) is 0 Å². The second kappa shape index (κ2) is 9.02. The molecule has 0 saturated heterocycles. The number of furan rings is 2. The number of nitro benzene ring substituents is 1. The van der Waals surface area contributed by atoms with E-state index in [1.54, 1.807) is 18.2 Å². The van der Waals surface area contributed by atoms with Crippen LogP contribution in [0.4, 0.5) is 5.69 Å². The molecule has 10 heteroatoms. The lowest BCUT2D eigenvalue weighted by Gasteiger charge is -2.09. The molecule has 0 aliphatic heterocycles. The standard InChI is InChI=1S/C19H14BrN3O6/c20-17-7-6-16(29-17)19(25)22-15(18(24)21-11-14-5-2-8-28-14)10-12-3-1-4-13(9-12)23(26)27/h1-10H,11H2,(H,21,24)(H,22,25)/b15-10+. The third kappa shape index (κ3) is 5.42. The van der Waals surface area contributed by atoms with Crippen LogP contribution >= 0.6 is 15.9 Å². The molecule has 2 amide bonds. The maximum absolute atomic E-state index is 12.6. The van der Waals surface area contributed by atoms with Gasteiger partial charge < -0.3 is 19.5 Å². The zero-order valence-corrected chi connectivity index (χ0v) is 16.3. The van der Waals surface area contributed by atoms with Crippen molar-refractivity contribution in [2.45, 2.75) is 6.54 Å². The second-order valence-electron chi connectivity index (χ2n) is 5.73. The molecule has 1 aromatic carbocycles. The van der Waals surface area contributed by atoms with E-state index in [0.29, 0.717) is 16.0 Å². The summed E-state index contributed by atoms with van der Waals surface area (Å²) in [6, 6.07) is 12.0. The Morgan fingerprint density at radius 2 is 2.00 bits per heavy atom. The van der Waals surface area contributed by atoms with Gasteiger partial charge >= 0.3 is 0 Å². The molecule has 2 N–H and O–H groups in total. The fourth-order valence-corrected chi connectivity index (χ4v) is 2.66. The van der Waals surface area contributed by atoms with Crippen LogP contribution in [0.3, 0.4) is 0 Å². The third-order valence-electron chi connectivity index (χ3n) is 3.69. The molecule has 9 nitrogen and oxygen atoms in total. The SMILES string of the molecule is O=C(NCc1ccco1)/C(=C\c1cccc([N+](=O)[O-])c1)NC(=O)c1ccc(Br)o1. The average molecular weight is 460 g/mol. The number of benzene rings is 1. The molecule has 0 aliphatic carbocycles. The highest BCUT2D eigenvalue weighted by Crippen LogP contribution is 2.17. The van der Waals surface area contributed by atoms with Crippen molar-refractivity contribution in [3.05, 3.63) is 92.4 Å². The Morgan fingerprint density at radius 1 is 1.17 bits per heavy atom. The lowest BCUT2D eigenvalue weighted by molar-refractivity contribution is -0.384. The van der Waals surface area contributed by atoms with E-state index in [2.05, 4.69) is 26.6 Å². The predicted molar refractivity (Wildman–Crippen MR) is 106 cm³/mol. The number of hydrogen-bond donors (Lipinski definition) is 2. The average Bonchev–Trinajstić information content (AvgIpc) is 3.37. The van der Waals surface area contributed by atoms with Gasteiger partial charge in [-0.2, -0.15) is 0 Å². The van der Waals surface area contributed by atoms with Crippen LogP contribution in [-0.4, -0.2) is 16.7 Å². The number of non-ortho nitro benzene ring substituents is 1. The minimum atomic E-state index is -0.652. The van der Waals surface area contributed by atoms with Crippen LogP contribution in [0.1, 0.15) is 21.9 Å². The Labute approximate surface area is 172 Å². The third-order valence-corrected chi connectivity index (χ3v) is 4.11. The number of rotatable bonds is 7. The number of nitrogens with one attached hydrogen (secondary N) is 2. The maximum Gasteiger partial charge on any atom is 0.291 e. The molecule has 0 aliphatic rings. The molecule has 2 heterocycles. The van der Waals surface area contributed by atoms with Gasteiger partial charge in [0, 0.05) is 12.1 Å². The van der Waals surface area contributed by atoms with Crippen molar-refractivity contribution in [3.8, 4) is 0 Å². The number of halogens is 1. The second-order valence-corrected chi connectivity index (χ2v) is 6.51. The minimum absolute atomic E-state index is 0.0133. The highest BCUT2D eigenvalue weighted by Gasteiger charge is 2.18. The van der Waals surface area contributed by atoms with Gasteiger partial charge in [-0.05, 0) is 51.8 Å². The van der Waals surface area contributed by atoms with E-state index in [-0.39, 0.29) is 23.7 Å². The Bertz CT molecular complexity index is 1070. The van der Waals surface area contributed by atoms with Crippen LogP contribution in [0.25, 0.3) is 6.08 Å². The Morgan fingerprint density at radius 3 is 2.66 bits per heavy atom. The fraction of sp³-hybridized carbons (Fsp3) is 0.0526. The summed E-state index contributed by atoms with van der Waals surface area (Å²) in [4.78, 5) is 35.5. The number of carbonyl (C=O) groups excluding carboxylic acids is 2. The van der Waals surface area contributed by atoms with Crippen molar-refractivity contribution < 1.29 is 23.3 Å². The highest BCUT2D eigenvalue weighted by molar-refractivity contribution is 9.10. The first-order chi connectivity index (χ1) is 13.9. The number of carbonyl (C=O) groups is 2. The summed E-state index contributed by atoms with van der Waals surface area (Å²) < 4.78 is 10.7. The van der Waals surface area contributed by atoms with E-state index in [9.17, 15) is 19.7 Å². The Kier molecular flexibility index (Phi) is 6.25. The predicted octanol–water partition coefficient (Wildman–Crippen LogP) is 3.63. The van der Waals surface area contributed by atoms with Crippen molar-refractivity contribution in [1.82, 2.24) is 10.6 Å². The monoisotopic (exact) mass is 459 g/mol. The van der Waals surface area contributed by atoms with Crippen LogP contribution in [0.15, 0.2) is 74.0 Å². The van der Waals surface area contributed by atoms with Crippen molar-refractivity contribution in [2.75, 3.05) is 0 Å². The lowest BCUT2D eigenvalue weighted by atomic mass is 10.1. The van der Waals surface area contributed by atoms with Crippen LogP contribution in [-0.2, 0) is 11.3 Å². The molecule has 0 unspecified atom stereocenters. The topological polar surface area (TPSA) is 128 Å². The summed E-state index contributed by atoms with van der Waals surface area (Å²) in [5, 5.41) is 16.1. The van der Waals surface area contributed by atoms with Crippen molar-refractivity contribution in [2.24, 2.45) is 0 Å². The molecule has 0 bridgehead atoms. The first-order valence-corrected chi connectivity index (χ1v) is 9.05. The molecule has 3 aromatic rings. The molecule has 148 valence electrons. The Hall–Kier alpha value is -3.66. The smallest absolute Gasteiger partial charge is 0.291 e. The van der Waals surface area contributed by atoms with E-state index >= 15 is 0 Å². The number of amides is 2. The van der Waals surface area contributed by atoms with Gasteiger partial charge in [-0.15, -0.1) is 0 Å². The maximum atomic E-state index is 12.6. The van der Waals surface area contributed by atoms with Gasteiger partial charge in [0.05, 0.1) is 17.7 Å². The first-order valence-electron chi connectivity index (χ1n) is 8.26. The molecule has 0 saturated carbocycles. The van der Waals surface area contributed by atoms with E-state index in [1.165, 1.54) is 42.7 Å². The van der Waals surface area contributed by atoms with Crippen molar-refractivity contribution in [1.29, 1.82) is 0 Å². The fourth-order valence-electron chi connectivity index (χ4n) is 2.35. The quantitative estimate of drug-likeness (QED) is 0.315. The van der Waals surface area contributed by atoms with Gasteiger partial charge in [-0.25, -0.2) is 0 Å². The zero-order chi connectivity index (χ0) is 20.8. The molecule has 0 radical (unpaired) electrons. The molecule has 29 heavy (non-hydrogen) atoms. The summed E-state index contributed by atoms with van der Waals surface area (Å²) >= 11 is 3.10. The first kappa shape index (κ1) is 20.1. The van der Waals surface area contributed by atoms with Crippen LogP contribution in [0.5, 0.6) is 0 Å². The van der Waals surface area contributed by atoms with E-state index in [4.69, 9.17) is 8.83 Å². The van der Waals surface area contributed by atoms with Gasteiger partial charge in [0.25, 0.3) is 17.5 Å². The molecule has 2 aromatic heterocycles. The molecule has 0 atom stereocenters. The molecular weight excluding hydrogens is 446 g/mol. The minimum Gasteiger partial charge on any atom is -0.467 e. The summed E-state index contributed by atoms with van der Waals surface area (Å²) in [5.41, 5.74) is 0.105. The van der Waals surface area contributed by atoms with Crippen molar-refractivity contribution in [3.63, 3.8) is 0 Å². The number of nitro groups is 1. The van der Waals surface area contributed by atoms with Gasteiger partial charge in [0.2, 0.25) is 0 Å². The summed E-state index contributed by atoms with van der Waals surface area (Å²) in [5.74, 6) is -0.748. The van der Waals surface area contributed by atoms with Crippen molar-refractivity contribution >= 4 is 39.5 Å². The van der Waals surface area contributed by atoms with Gasteiger partial charge in [-0.3, -0.25) is 19.7 Å². The molecule has 3 rings (SSSR count). The molecular formula is C19H14BrN3O6. The largest absolute Gasteiger partial charge is 0.467 e. The molecule has 0 spiro atoms. The van der Waals surface area contributed by atoms with Gasteiger partial charge in [0.15, 0.2) is 10.4 Å². The van der Waals surface area contributed by atoms with E-state index in [1.807, 2.05) is 0 Å². The van der Waals surface area contributed by atoms with Crippen LogP contribution in [0.2, 0.25) is 0 Å². The Balaban J connectivity index is 1.85. The van der Waals surface area contributed by atoms with Crippen LogP contribution in [0, 0.1) is 10.1 Å². The van der Waals surface area contributed by atoms with Crippen LogP contribution < -0.4 is 10.6 Å². The number of nitrogens with zero attached hydrogens (tertiary/aromatic N) is 1. The summed E-state index contributed by atoms with van der Waals surface area (Å²) in [6.45, 7) is 0.0975. The lowest BCUT2D eigenvalue weighted by Crippen LogP contribution is -2.34. The molecule has 0 fully saturated rings. The summed E-state index contributed by atoms with van der Waals surface area (Å²) in [7, 11) is 0.